The van der Waals surface area contributed by atoms with Gasteiger partial charge in [-0.3, -0.25) is 0 Å². The molecule has 0 bridgehead atoms. The van der Waals surface area contributed by atoms with Crippen LogP contribution in [0.4, 0.5) is 14.6 Å². The van der Waals surface area contributed by atoms with E-state index in [1.807, 2.05) is 13.8 Å². The van der Waals surface area contributed by atoms with Crippen molar-refractivity contribution in [3.05, 3.63) is 38.4 Å². The average Bonchev–Trinajstić information content (AvgIpc) is 2.45. The molecule has 0 aliphatic carbocycles. The molecule has 0 aliphatic rings. The van der Waals surface area contributed by atoms with Crippen LogP contribution >= 0.6 is 31.9 Å². The second-order valence-corrected chi connectivity index (χ2v) is 6.31. The van der Waals surface area contributed by atoms with Gasteiger partial charge in [-0.05, 0) is 49.9 Å². The SMILES string of the molecule is CNc1nc(-c2ccc(F)c(F)c2Br)nc(C(C)C)c1Br. The van der Waals surface area contributed by atoms with E-state index >= 15 is 0 Å². The monoisotopic (exact) mass is 419 g/mol. The number of benzene rings is 1. The highest BCUT2D eigenvalue weighted by Crippen LogP contribution is 2.34. The first-order valence-electron chi connectivity index (χ1n) is 6.25. The smallest absolute Gasteiger partial charge is 0.173 e. The van der Waals surface area contributed by atoms with Crippen LogP contribution < -0.4 is 5.32 Å². The molecule has 1 aromatic carbocycles. The van der Waals surface area contributed by atoms with E-state index in [0.717, 1.165) is 16.2 Å². The molecule has 0 unspecified atom stereocenters. The van der Waals surface area contributed by atoms with Gasteiger partial charge in [-0.25, -0.2) is 18.7 Å². The van der Waals surface area contributed by atoms with Gasteiger partial charge in [-0.2, -0.15) is 0 Å². The molecule has 1 N–H and O–H groups in total. The first kappa shape index (κ1) is 16.3. The first-order chi connectivity index (χ1) is 9.86. The molecule has 112 valence electrons. The average molecular weight is 421 g/mol. The summed E-state index contributed by atoms with van der Waals surface area (Å²) in [5.74, 6) is -0.786. The maximum Gasteiger partial charge on any atom is 0.173 e. The van der Waals surface area contributed by atoms with E-state index in [1.54, 1.807) is 7.05 Å². The van der Waals surface area contributed by atoms with Crippen molar-refractivity contribution in [2.75, 3.05) is 12.4 Å². The molecule has 0 saturated heterocycles. The summed E-state index contributed by atoms with van der Waals surface area (Å²) in [4.78, 5) is 8.81. The van der Waals surface area contributed by atoms with Crippen molar-refractivity contribution in [3.8, 4) is 11.4 Å². The number of rotatable bonds is 3. The fourth-order valence-electron chi connectivity index (χ4n) is 1.83. The summed E-state index contributed by atoms with van der Waals surface area (Å²) in [6.45, 7) is 3.99. The molecule has 0 saturated carbocycles. The lowest BCUT2D eigenvalue weighted by molar-refractivity contribution is 0.504. The van der Waals surface area contributed by atoms with Crippen LogP contribution in [0.3, 0.4) is 0 Å². The molecule has 1 aromatic heterocycles. The molecule has 1 heterocycles. The number of nitrogens with zero attached hydrogens (tertiary/aromatic N) is 2. The number of anilines is 1. The van der Waals surface area contributed by atoms with Crippen molar-refractivity contribution >= 4 is 37.7 Å². The fraction of sp³-hybridized carbons (Fsp3) is 0.286. The summed E-state index contributed by atoms with van der Waals surface area (Å²) < 4.78 is 27.7. The lowest BCUT2D eigenvalue weighted by Crippen LogP contribution is -2.05. The van der Waals surface area contributed by atoms with Gasteiger partial charge < -0.3 is 5.32 Å². The summed E-state index contributed by atoms with van der Waals surface area (Å²) in [6.07, 6.45) is 0. The number of nitrogens with one attached hydrogen (secondary N) is 1. The van der Waals surface area contributed by atoms with Gasteiger partial charge in [0, 0.05) is 12.6 Å². The Morgan fingerprint density at radius 3 is 2.33 bits per heavy atom. The van der Waals surface area contributed by atoms with Crippen molar-refractivity contribution in [1.82, 2.24) is 9.97 Å². The van der Waals surface area contributed by atoms with Gasteiger partial charge in [-0.15, -0.1) is 0 Å². The molecule has 0 amide bonds. The van der Waals surface area contributed by atoms with E-state index in [2.05, 4.69) is 47.1 Å². The van der Waals surface area contributed by atoms with Crippen molar-refractivity contribution in [3.63, 3.8) is 0 Å². The largest absolute Gasteiger partial charge is 0.372 e. The molecule has 0 aliphatic heterocycles. The van der Waals surface area contributed by atoms with Crippen LogP contribution in [0.2, 0.25) is 0 Å². The van der Waals surface area contributed by atoms with E-state index < -0.39 is 11.6 Å². The molecule has 0 spiro atoms. The third-order valence-corrected chi connectivity index (χ3v) is 4.49. The quantitative estimate of drug-likeness (QED) is 0.701. The van der Waals surface area contributed by atoms with E-state index in [4.69, 9.17) is 0 Å². The first-order valence-corrected chi connectivity index (χ1v) is 7.84. The topological polar surface area (TPSA) is 37.8 Å². The van der Waals surface area contributed by atoms with Crippen molar-refractivity contribution in [2.24, 2.45) is 0 Å². The van der Waals surface area contributed by atoms with Crippen LogP contribution in [0.15, 0.2) is 21.1 Å². The lowest BCUT2D eigenvalue weighted by atomic mass is 10.1. The van der Waals surface area contributed by atoms with Crippen molar-refractivity contribution < 1.29 is 8.78 Å². The number of hydrogen-bond donors (Lipinski definition) is 1. The molecule has 0 radical (unpaired) electrons. The Balaban J connectivity index is 2.70. The van der Waals surface area contributed by atoms with Gasteiger partial charge in [0.1, 0.15) is 5.82 Å². The minimum atomic E-state index is -0.948. The number of halogens is 4. The molecule has 0 fully saturated rings. The Hall–Kier alpha value is -1.08. The highest BCUT2D eigenvalue weighted by molar-refractivity contribution is 9.11. The molecule has 3 nitrogen and oxygen atoms in total. The third kappa shape index (κ3) is 3.08. The summed E-state index contributed by atoms with van der Waals surface area (Å²) >= 11 is 6.53. The van der Waals surface area contributed by atoms with Crippen LogP contribution in [0.1, 0.15) is 25.5 Å². The predicted molar refractivity (Wildman–Crippen MR) is 86.4 cm³/mol. The number of hydrogen-bond acceptors (Lipinski definition) is 3. The Kier molecular flexibility index (Phi) is 4.93. The highest BCUT2D eigenvalue weighted by atomic mass is 79.9. The Morgan fingerprint density at radius 2 is 1.76 bits per heavy atom. The zero-order valence-electron chi connectivity index (χ0n) is 11.6. The Morgan fingerprint density at radius 1 is 1.10 bits per heavy atom. The summed E-state index contributed by atoms with van der Waals surface area (Å²) in [5, 5.41) is 2.97. The molecule has 7 heteroatoms. The van der Waals surface area contributed by atoms with Crippen molar-refractivity contribution in [2.45, 2.75) is 19.8 Å². The van der Waals surface area contributed by atoms with E-state index in [0.29, 0.717) is 17.2 Å². The minimum absolute atomic E-state index is 0.0154. The van der Waals surface area contributed by atoms with E-state index in [1.165, 1.54) is 6.07 Å². The maximum absolute atomic E-state index is 13.7. The molecule has 0 atom stereocenters. The Bertz CT molecular complexity index is 690. The van der Waals surface area contributed by atoms with Gasteiger partial charge in [-0.1, -0.05) is 13.8 Å². The third-order valence-electron chi connectivity index (χ3n) is 2.94. The molecular weight excluding hydrogens is 408 g/mol. The van der Waals surface area contributed by atoms with E-state index in [-0.39, 0.29) is 10.4 Å². The predicted octanol–water partition coefficient (Wildman–Crippen LogP) is 5.11. The molecule has 2 aromatic rings. The molecular formula is C14H13Br2F2N3. The van der Waals surface area contributed by atoms with E-state index in [9.17, 15) is 8.78 Å². The zero-order chi connectivity index (χ0) is 15.7. The lowest BCUT2D eigenvalue weighted by Gasteiger charge is -2.14. The number of aromatic nitrogens is 2. The van der Waals surface area contributed by atoms with Crippen LogP contribution in [0, 0.1) is 11.6 Å². The standard InChI is InChI=1S/C14H13Br2F2N3/c1-6(2)12-10(16)14(19-3)21-13(20-12)7-4-5-8(17)11(18)9(7)15/h4-6H,1-3H3,(H,19,20,21). The van der Waals surface area contributed by atoms with Gasteiger partial charge in [0.15, 0.2) is 17.5 Å². The maximum atomic E-state index is 13.7. The van der Waals surface area contributed by atoms with Gasteiger partial charge in [0.05, 0.1) is 14.6 Å². The molecule has 2 rings (SSSR count). The zero-order valence-corrected chi connectivity index (χ0v) is 14.8. The fourth-order valence-corrected chi connectivity index (χ4v) is 3.16. The highest BCUT2D eigenvalue weighted by Gasteiger charge is 2.19. The summed E-state index contributed by atoms with van der Waals surface area (Å²) in [5.41, 5.74) is 1.20. The van der Waals surface area contributed by atoms with Gasteiger partial charge >= 0.3 is 0 Å². The Labute approximate surface area is 138 Å². The van der Waals surface area contributed by atoms with Crippen LogP contribution in [0.25, 0.3) is 11.4 Å². The second kappa shape index (κ2) is 6.36. The van der Waals surface area contributed by atoms with Crippen molar-refractivity contribution in [1.29, 1.82) is 0 Å². The minimum Gasteiger partial charge on any atom is -0.372 e. The second-order valence-electron chi connectivity index (χ2n) is 4.72. The van der Waals surface area contributed by atoms with Crippen LogP contribution in [-0.2, 0) is 0 Å². The van der Waals surface area contributed by atoms with Crippen LogP contribution in [0.5, 0.6) is 0 Å². The summed E-state index contributed by atoms with van der Waals surface area (Å²) in [6, 6.07) is 2.52. The van der Waals surface area contributed by atoms with Gasteiger partial charge in [0.2, 0.25) is 0 Å². The summed E-state index contributed by atoms with van der Waals surface area (Å²) in [7, 11) is 1.74. The van der Waals surface area contributed by atoms with Crippen LogP contribution in [-0.4, -0.2) is 17.0 Å². The molecule has 21 heavy (non-hydrogen) atoms. The normalized spacial score (nSPS) is 11.0. The van der Waals surface area contributed by atoms with Gasteiger partial charge in [0.25, 0.3) is 0 Å².